The molecule has 1 saturated heterocycles. The van der Waals surface area contributed by atoms with Gasteiger partial charge in [0.2, 0.25) is 11.8 Å². The van der Waals surface area contributed by atoms with Crippen molar-refractivity contribution in [1.82, 2.24) is 5.32 Å². The van der Waals surface area contributed by atoms with Crippen molar-refractivity contribution >= 4 is 45.8 Å². The van der Waals surface area contributed by atoms with E-state index < -0.39 is 52.4 Å². The number of nitrogens with one attached hydrogen (secondary N) is 2. The van der Waals surface area contributed by atoms with E-state index in [1.807, 2.05) is 0 Å². The molecule has 1 aliphatic rings. The van der Waals surface area contributed by atoms with Crippen LogP contribution in [0.2, 0.25) is 0 Å². The van der Waals surface area contributed by atoms with Crippen LogP contribution >= 0.6 is 24.0 Å². The molecule has 0 bridgehead atoms. The number of thiocarbonyl (C=S) groups is 1. The zero-order valence-corrected chi connectivity index (χ0v) is 11.6. The van der Waals surface area contributed by atoms with Gasteiger partial charge in [-0.3, -0.25) is 9.59 Å². The highest BCUT2D eigenvalue weighted by Crippen LogP contribution is 2.26. The first-order chi connectivity index (χ1) is 9.79. The van der Waals surface area contributed by atoms with Crippen molar-refractivity contribution in [2.24, 2.45) is 0 Å². The van der Waals surface area contributed by atoms with Crippen molar-refractivity contribution in [1.29, 1.82) is 0 Å². The Kier molecular flexibility index (Phi) is 4.47. The summed E-state index contributed by atoms with van der Waals surface area (Å²) in [5.74, 6) is -8.22. The Labute approximate surface area is 125 Å². The van der Waals surface area contributed by atoms with Crippen molar-refractivity contribution in [2.75, 3.05) is 5.32 Å². The second kappa shape index (κ2) is 5.98. The summed E-state index contributed by atoms with van der Waals surface area (Å²) >= 11 is 5.61. The Morgan fingerprint density at radius 3 is 2.33 bits per heavy atom. The van der Waals surface area contributed by atoms with Gasteiger partial charge < -0.3 is 10.6 Å². The van der Waals surface area contributed by atoms with Crippen LogP contribution in [0, 0.1) is 23.3 Å². The van der Waals surface area contributed by atoms with Crippen molar-refractivity contribution in [3.05, 3.63) is 29.3 Å². The number of halogens is 4. The molecule has 1 heterocycles. The summed E-state index contributed by atoms with van der Waals surface area (Å²) in [5.41, 5.74) is -1.23. The summed E-state index contributed by atoms with van der Waals surface area (Å²) < 4.78 is 52.8. The summed E-state index contributed by atoms with van der Waals surface area (Å²) in [4.78, 5) is 23.0. The molecule has 0 aliphatic carbocycles. The molecule has 112 valence electrons. The van der Waals surface area contributed by atoms with Crippen LogP contribution in [0.3, 0.4) is 0 Å². The van der Waals surface area contributed by atoms with Gasteiger partial charge in [0, 0.05) is 12.5 Å². The minimum absolute atomic E-state index is 0.0268. The van der Waals surface area contributed by atoms with Crippen LogP contribution in [-0.4, -0.2) is 21.4 Å². The number of amides is 2. The highest BCUT2D eigenvalue weighted by atomic mass is 32.2. The van der Waals surface area contributed by atoms with Crippen LogP contribution in [0.1, 0.15) is 6.42 Å². The lowest BCUT2D eigenvalue weighted by atomic mass is 10.2. The van der Waals surface area contributed by atoms with E-state index in [4.69, 9.17) is 12.2 Å². The molecule has 1 aliphatic heterocycles. The molecule has 4 nitrogen and oxygen atoms in total. The molecule has 2 N–H and O–H groups in total. The maximum Gasteiger partial charge on any atom is 0.239 e. The smallest absolute Gasteiger partial charge is 0.239 e. The number of hydrogen-bond donors (Lipinski definition) is 2. The molecule has 1 fully saturated rings. The van der Waals surface area contributed by atoms with E-state index in [2.05, 4.69) is 5.32 Å². The Balaban J connectivity index is 2.14. The van der Waals surface area contributed by atoms with Gasteiger partial charge in [-0.1, -0.05) is 24.0 Å². The van der Waals surface area contributed by atoms with E-state index in [1.165, 1.54) is 0 Å². The largest absolute Gasteiger partial charge is 0.321 e. The zero-order valence-electron chi connectivity index (χ0n) is 10.0. The molecule has 0 saturated carbocycles. The topological polar surface area (TPSA) is 58.2 Å². The molecule has 10 heteroatoms. The van der Waals surface area contributed by atoms with Gasteiger partial charge in [0.1, 0.15) is 10.0 Å². The predicted molar refractivity (Wildman–Crippen MR) is 71.6 cm³/mol. The molecule has 1 aromatic rings. The maximum absolute atomic E-state index is 13.4. The normalized spacial score (nSPS) is 17.8. The van der Waals surface area contributed by atoms with E-state index in [0.29, 0.717) is 0 Å². The summed E-state index contributed by atoms with van der Waals surface area (Å²) in [6.07, 6.45) is -0.451. The second-order valence-electron chi connectivity index (χ2n) is 3.98. The van der Waals surface area contributed by atoms with Crippen LogP contribution in [0.4, 0.5) is 23.2 Å². The Bertz CT molecular complexity index is 627. The molecular weight excluding hydrogens is 332 g/mol. The summed E-state index contributed by atoms with van der Waals surface area (Å²) in [6.45, 7) is 0. The Morgan fingerprint density at radius 1 is 1.29 bits per heavy atom. The summed E-state index contributed by atoms with van der Waals surface area (Å²) in [5, 5.41) is 3.14. The third kappa shape index (κ3) is 3.32. The van der Waals surface area contributed by atoms with Gasteiger partial charge in [0.25, 0.3) is 0 Å². The number of carbonyl (C=O) groups is 2. The standard InChI is InChI=1S/C11H6F4N2O2S2/c12-3-1-4(13)8(15)9(7(3)14)16-6(18)2-5-10(19)17-11(20)21-5/h1,5H,2H2,(H,16,18)(H,17,19,20). The molecule has 0 spiro atoms. The van der Waals surface area contributed by atoms with Crippen molar-refractivity contribution < 1.29 is 27.2 Å². The molecule has 0 aromatic heterocycles. The van der Waals surface area contributed by atoms with Crippen LogP contribution in [0.5, 0.6) is 0 Å². The fourth-order valence-electron chi connectivity index (χ4n) is 1.57. The van der Waals surface area contributed by atoms with Gasteiger partial charge in [-0.2, -0.15) is 0 Å². The number of anilines is 1. The first-order valence-electron chi connectivity index (χ1n) is 5.44. The summed E-state index contributed by atoms with van der Waals surface area (Å²) in [6, 6.07) is 0.0268. The minimum Gasteiger partial charge on any atom is -0.321 e. The van der Waals surface area contributed by atoms with E-state index in [-0.39, 0.29) is 10.4 Å². The van der Waals surface area contributed by atoms with Crippen molar-refractivity contribution in [3.8, 4) is 0 Å². The molecule has 2 amide bonds. The van der Waals surface area contributed by atoms with E-state index in [1.54, 1.807) is 5.32 Å². The maximum atomic E-state index is 13.4. The van der Waals surface area contributed by atoms with E-state index in [0.717, 1.165) is 11.8 Å². The molecule has 1 aromatic carbocycles. The van der Waals surface area contributed by atoms with Crippen molar-refractivity contribution in [3.63, 3.8) is 0 Å². The quantitative estimate of drug-likeness (QED) is 0.503. The zero-order chi connectivity index (χ0) is 15.7. The lowest BCUT2D eigenvalue weighted by molar-refractivity contribution is -0.122. The molecule has 2 rings (SSSR count). The monoisotopic (exact) mass is 338 g/mol. The minimum atomic E-state index is -1.72. The van der Waals surface area contributed by atoms with Gasteiger partial charge in [-0.05, 0) is 0 Å². The average Bonchev–Trinajstić information content (AvgIpc) is 2.70. The van der Waals surface area contributed by atoms with Gasteiger partial charge in [0.05, 0.1) is 5.25 Å². The average molecular weight is 338 g/mol. The van der Waals surface area contributed by atoms with Crippen molar-refractivity contribution in [2.45, 2.75) is 11.7 Å². The van der Waals surface area contributed by atoms with Crippen LogP contribution in [0.25, 0.3) is 0 Å². The Hall–Kier alpha value is -1.68. The van der Waals surface area contributed by atoms with Gasteiger partial charge in [-0.25, -0.2) is 17.6 Å². The van der Waals surface area contributed by atoms with Crippen LogP contribution < -0.4 is 10.6 Å². The third-order valence-corrected chi connectivity index (χ3v) is 3.89. The highest BCUT2D eigenvalue weighted by molar-refractivity contribution is 8.24. The number of benzene rings is 1. The van der Waals surface area contributed by atoms with Gasteiger partial charge in [-0.15, -0.1) is 0 Å². The lowest BCUT2D eigenvalue weighted by Crippen LogP contribution is -2.28. The highest BCUT2D eigenvalue weighted by Gasteiger charge is 2.31. The number of rotatable bonds is 3. The lowest BCUT2D eigenvalue weighted by Gasteiger charge is -2.10. The number of hydrogen-bond acceptors (Lipinski definition) is 4. The number of carbonyl (C=O) groups excluding carboxylic acids is 2. The first kappa shape index (κ1) is 15.7. The molecule has 21 heavy (non-hydrogen) atoms. The van der Waals surface area contributed by atoms with Gasteiger partial charge >= 0.3 is 0 Å². The fraction of sp³-hybridized carbons (Fsp3) is 0.182. The SMILES string of the molecule is O=C(CC1SC(=S)NC1=O)Nc1c(F)c(F)cc(F)c1F. The molecular formula is C11H6F4N2O2S2. The van der Waals surface area contributed by atoms with Crippen LogP contribution in [-0.2, 0) is 9.59 Å². The summed E-state index contributed by atoms with van der Waals surface area (Å²) in [7, 11) is 0. The fourth-order valence-corrected chi connectivity index (χ4v) is 2.84. The molecule has 1 unspecified atom stereocenters. The predicted octanol–water partition coefficient (Wildman–Crippen LogP) is 2.09. The van der Waals surface area contributed by atoms with E-state index >= 15 is 0 Å². The first-order valence-corrected chi connectivity index (χ1v) is 6.72. The van der Waals surface area contributed by atoms with Gasteiger partial charge in [0.15, 0.2) is 23.3 Å². The van der Waals surface area contributed by atoms with Crippen LogP contribution in [0.15, 0.2) is 6.07 Å². The van der Waals surface area contributed by atoms with E-state index in [9.17, 15) is 27.2 Å². The second-order valence-corrected chi connectivity index (χ2v) is 5.86. The Morgan fingerprint density at radius 2 is 1.86 bits per heavy atom. The molecule has 1 atom stereocenters. The molecule has 0 radical (unpaired) electrons. The third-order valence-electron chi connectivity index (χ3n) is 2.51. The number of thioether (sulfide) groups is 1.